The van der Waals surface area contributed by atoms with Crippen LogP contribution in [0.15, 0.2) is 24.3 Å². The Hall–Kier alpha value is -2.79. The van der Waals surface area contributed by atoms with Crippen LogP contribution in [0.5, 0.6) is 5.75 Å². The zero-order valence-electron chi connectivity index (χ0n) is 14.9. The number of amides is 2. The van der Waals surface area contributed by atoms with E-state index in [0.717, 1.165) is 31.8 Å². The van der Waals surface area contributed by atoms with Gasteiger partial charge in [-0.05, 0) is 37.6 Å². The number of carbonyl (C=O) groups is 2. The molecule has 1 heterocycles. The topological polar surface area (TPSA) is 106 Å². The smallest absolute Gasteiger partial charge is 0.405 e. The number of rotatable bonds is 7. The van der Waals surface area contributed by atoms with Crippen LogP contribution < -0.4 is 10.1 Å². The SMILES string of the molecule is C[C@@H](NC(=O)O)C(=O)N1CCN(CCCOc2ccc(C#N)cc2)CC1. The van der Waals surface area contributed by atoms with Gasteiger partial charge in [-0.15, -0.1) is 0 Å². The third kappa shape index (κ3) is 5.93. The summed E-state index contributed by atoms with van der Waals surface area (Å²) in [5.74, 6) is 0.565. The number of piperazine rings is 1. The standard InChI is InChI=1S/C18H24N4O4/c1-14(20-18(24)25)17(23)22-10-8-21(9-11-22)7-2-12-26-16-5-3-15(13-19)4-6-16/h3-6,14,20H,2,7-12H2,1H3,(H,24,25)/t14-/m1/s1. The monoisotopic (exact) mass is 360 g/mol. The molecule has 2 rings (SSSR count). The molecule has 1 aromatic rings. The van der Waals surface area contributed by atoms with E-state index in [9.17, 15) is 9.59 Å². The van der Waals surface area contributed by atoms with E-state index in [1.165, 1.54) is 0 Å². The van der Waals surface area contributed by atoms with Gasteiger partial charge in [0.15, 0.2) is 0 Å². The molecule has 1 aliphatic rings. The van der Waals surface area contributed by atoms with Gasteiger partial charge in [-0.25, -0.2) is 4.79 Å². The van der Waals surface area contributed by atoms with Crippen LogP contribution >= 0.6 is 0 Å². The van der Waals surface area contributed by atoms with Crippen molar-refractivity contribution >= 4 is 12.0 Å². The summed E-state index contributed by atoms with van der Waals surface area (Å²) < 4.78 is 5.66. The van der Waals surface area contributed by atoms with E-state index in [0.29, 0.717) is 25.3 Å². The normalized spacial score (nSPS) is 15.8. The van der Waals surface area contributed by atoms with Crippen LogP contribution in [0, 0.1) is 11.3 Å². The van der Waals surface area contributed by atoms with Gasteiger partial charge in [0.1, 0.15) is 11.8 Å². The van der Waals surface area contributed by atoms with Crippen LogP contribution in [0.25, 0.3) is 0 Å². The number of carboxylic acid groups (broad SMARTS) is 1. The van der Waals surface area contributed by atoms with Crippen molar-refractivity contribution in [2.75, 3.05) is 39.3 Å². The fraction of sp³-hybridized carbons (Fsp3) is 0.500. The molecule has 8 nitrogen and oxygen atoms in total. The van der Waals surface area contributed by atoms with Gasteiger partial charge in [0.25, 0.3) is 0 Å². The maximum Gasteiger partial charge on any atom is 0.405 e. The van der Waals surface area contributed by atoms with Crippen LogP contribution in [0.2, 0.25) is 0 Å². The predicted molar refractivity (Wildman–Crippen MR) is 94.9 cm³/mol. The highest BCUT2D eigenvalue weighted by Gasteiger charge is 2.25. The maximum absolute atomic E-state index is 12.1. The van der Waals surface area contributed by atoms with Gasteiger partial charge in [0.05, 0.1) is 18.2 Å². The Kier molecular flexibility index (Phi) is 7.24. The van der Waals surface area contributed by atoms with Crippen LogP contribution in [0.1, 0.15) is 18.9 Å². The zero-order chi connectivity index (χ0) is 18.9. The Morgan fingerprint density at radius 1 is 1.27 bits per heavy atom. The number of ether oxygens (including phenoxy) is 1. The highest BCUT2D eigenvalue weighted by molar-refractivity contribution is 5.85. The summed E-state index contributed by atoms with van der Waals surface area (Å²) in [5.41, 5.74) is 0.609. The number of hydrogen-bond donors (Lipinski definition) is 2. The first kappa shape index (κ1) is 19.5. The maximum atomic E-state index is 12.1. The quantitative estimate of drug-likeness (QED) is 0.706. The molecule has 2 N–H and O–H groups in total. The second-order valence-electron chi connectivity index (χ2n) is 6.18. The number of nitriles is 1. The van der Waals surface area contributed by atoms with E-state index in [4.69, 9.17) is 15.1 Å². The van der Waals surface area contributed by atoms with Gasteiger partial charge in [-0.3, -0.25) is 9.69 Å². The van der Waals surface area contributed by atoms with Gasteiger partial charge in [-0.1, -0.05) is 0 Å². The molecule has 0 spiro atoms. The largest absolute Gasteiger partial charge is 0.494 e. The van der Waals surface area contributed by atoms with Crippen LogP contribution in [-0.2, 0) is 4.79 Å². The summed E-state index contributed by atoms with van der Waals surface area (Å²) in [6.45, 7) is 5.75. The van der Waals surface area contributed by atoms with Gasteiger partial charge >= 0.3 is 6.09 Å². The average Bonchev–Trinajstić information content (AvgIpc) is 2.65. The molecule has 1 atom stereocenters. The molecule has 1 saturated heterocycles. The lowest BCUT2D eigenvalue weighted by Gasteiger charge is -2.35. The fourth-order valence-corrected chi connectivity index (χ4v) is 2.82. The highest BCUT2D eigenvalue weighted by Crippen LogP contribution is 2.12. The van der Waals surface area contributed by atoms with E-state index in [-0.39, 0.29) is 5.91 Å². The lowest BCUT2D eigenvalue weighted by molar-refractivity contribution is -0.134. The van der Waals surface area contributed by atoms with Gasteiger partial charge in [0, 0.05) is 32.7 Å². The summed E-state index contributed by atoms with van der Waals surface area (Å²) in [4.78, 5) is 26.7. The van der Waals surface area contributed by atoms with Crippen LogP contribution in [-0.4, -0.2) is 72.3 Å². The number of carbonyl (C=O) groups excluding carboxylic acids is 1. The van der Waals surface area contributed by atoms with E-state index in [1.807, 2.05) is 0 Å². The van der Waals surface area contributed by atoms with Crippen molar-refractivity contribution in [2.24, 2.45) is 0 Å². The number of hydrogen-bond acceptors (Lipinski definition) is 5. The van der Waals surface area contributed by atoms with Crippen molar-refractivity contribution in [3.8, 4) is 11.8 Å². The fourth-order valence-electron chi connectivity index (χ4n) is 2.82. The lowest BCUT2D eigenvalue weighted by Crippen LogP contribution is -2.54. The van der Waals surface area contributed by atoms with Crippen molar-refractivity contribution in [1.29, 1.82) is 5.26 Å². The summed E-state index contributed by atoms with van der Waals surface area (Å²) in [6.07, 6.45) is -0.322. The van der Waals surface area contributed by atoms with E-state index < -0.39 is 12.1 Å². The Bertz CT molecular complexity index is 648. The minimum Gasteiger partial charge on any atom is -0.494 e. The first-order chi connectivity index (χ1) is 12.5. The Morgan fingerprint density at radius 3 is 2.50 bits per heavy atom. The molecule has 0 radical (unpaired) electrons. The third-order valence-electron chi connectivity index (χ3n) is 4.27. The molecule has 140 valence electrons. The molecular formula is C18H24N4O4. The second-order valence-corrected chi connectivity index (χ2v) is 6.18. The Balaban J connectivity index is 1.63. The molecule has 1 aliphatic heterocycles. The van der Waals surface area contributed by atoms with Gasteiger partial charge in [-0.2, -0.15) is 5.26 Å². The molecule has 0 aromatic heterocycles. The molecule has 26 heavy (non-hydrogen) atoms. The van der Waals surface area contributed by atoms with E-state index in [1.54, 1.807) is 36.1 Å². The summed E-state index contributed by atoms with van der Waals surface area (Å²) in [6, 6.07) is 8.38. The molecule has 0 unspecified atom stereocenters. The second kappa shape index (κ2) is 9.63. The molecule has 8 heteroatoms. The molecule has 0 saturated carbocycles. The number of nitrogens with zero attached hydrogens (tertiary/aromatic N) is 3. The first-order valence-electron chi connectivity index (χ1n) is 8.63. The Labute approximate surface area is 152 Å². The number of nitrogens with one attached hydrogen (secondary N) is 1. The summed E-state index contributed by atoms with van der Waals surface area (Å²) >= 11 is 0. The van der Waals surface area contributed by atoms with Crippen LogP contribution in [0.3, 0.4) is 0 Å². The predicted octanol–water partition coefficient (Wildman–Crippen LogP) is 1.13. The van der Waals surface area contributed by atoms with Gasteiger partial charge in [0.2, 0.25) is 5.91 Å². The molecule has 1 aromatic carbocycles. The summed E-state index contributed by atoms with van der Waals surface area (Å²) in [5, 5.41) is 19.6. The molecule has 0 aliphatic carbocycles. The third-order valence-corrected chi connectivity index (χ3v) is 4.27. The molecular weight excluding hydrogens is 336 g/mol. The minimum atomic E-state index is -1.19. The van der Waals surface area contributed by atoms with E-state index in [2.05, 4.69) is 16.3 Å². The summed E-state index contributed by atoms with van der Waals surface area (Å²) in [7, 11) is 0. The van der Waals surface area contributed by atoms with Gasteiger partial charge < -0.3 is 20.1 Å². The molecule has 0 bridgehead atoms. The molecule has 1 fully saturated rings. The van der Waals surface area contributed by atoms with Crippen molar-refractivity contribution < 1.29 is 19.4 Å². The number of benzene rings is 1. The van der Waals surface area contributed by atoms with Crippen molar-refractivity contribution in [1.82, 2.24) is 15.1 Å². The average molecular weight is 360 g/mol. The van der Waals surface area contributed by atoms with Crippen LogP contribution in [0.4, 0.5) is 4.79 Å². The van der Waals surface area contributed by atoms with Crippen molar-refractivity contribution in [3.05, 3.63) is 29.8 Å². The Morgan fingerprint density at radius 2 is 1.92 bits per heavy atom. The highest BCUT2D eigenvalue weighted by atomic mass is 16.5. The minimum absolute atomic E-state index is 0.184. The van der Waals surface area contributed by atoms with Crippen molar-refractivity contribution in [2.45, 2.75) is 19.4 Å². The zero-order valence-corrected chi connectivity index (χ0v) is 14.9. The van der Waals surface area contributed by atoms with Crippen molar-refractivity contribution in [3.63, 3.8) is 0 Å². The molecule has 2 amide bonds. The van der Waals surface area contributed by atoms with E-state index >= 15 is 0 Å². The lowest BCUT2D eigenvalue weighted by atomic mass is 10.2. The first-order valence-corrected chi connectivity index (χ1v) is 8.63.